The van der Waals surface area contributed by atoms with Gasteiger partial charge in [-0.15, -0.1) is 0 Å². The summed E-state index contributed by atoms with van der Waals surface area (Å²) in [5, 5.41) is 35.1. The van der Waals surface area contributed by atoms with Crippen molar-refractivity contribution in [3.8, 4) is 29.5 Å². The Morgan fingerprint density at radius 1 is 1.22 bits per heavy atom. The van der Waals surface area contributed by atoms with Crippen LogP contribution in [0.2, 0.25) is 0 Å². The van der Waals surface area contributed by atoms with E-state index < -0.39 is 17.7 Å². The van der Waals surface area contributed by atoms with Gasteiger partial charge in [0.2, 0.25) is 11.9 Å². The van der Waals surface area contributed by atoms with Crippen molar-refractivity contribution in [2.45, 2.75) is 31.6 Å². The molecule has 0 amide bonds. The molecule has 0 spiro atoms. The fourth-order valence-corrected chi connectivity index (χ4v) is 3.50. The first-order valence-corrected chi connectivity index (χ1v) is 9.82. The van der Waals surface area contributed by atoms with E-state index in [1.807, 2.05) is 18.3 Å². The molecular formula is C23H20N6O3. The largest absolute Gasteiger partial charge is 0.485 e. The van der Waals surface area contributed by atoms with Gasteiger partial charge in [-0.1, -0.05) is 6.07 Å². The minimum Gasteiger partial charge on any atom is -0.485 e. The van der Waals surface area contributed by atoms with Crippen molar-refractivity contribution in [3.63, 3.8) is 0 Å². The van der Waals surface area contributed by atoms with Crippen molar-refractivity contribution in [2.75, 3.05) is 5.32 Å². The SMILES string of the molecule is CC1(C)Oc2ccc(C#N)cc2C(N=C(NC#N)Nc2cccc(-c3ncco3)c2)C1O. The molecular weight excluding hydrogens is 408 g/mol. The molecule has 1 aromatic heterocycles. The molecule has 2 unspecified atom stereocenters. The Morgan fingerprint density at radius 2 is 2.06 bits per heavy atom. The highest BCUT2D eigenvalue weighted by molar-refractivity contribution is 5.95. The maximum atomic E-state index is 11.0. The van der Waals surface area contributed by atoms with Crippen molar-refractivity contribution >= 4 is 11.6 Å². The van der Waals surface area contributed by atoms with Crippen molar-refractivity contribution in [2.24, 2.45) is 4.99 Å². The molecule has 9 heteroatoms. The summed E-state index contributed by atoms with van der Waals surface area (Å²) in [6.07, 6.45) is 3.88. The van der Waals surface area contributed by atoms with E-state index in [1.54, 1.807) is 50.4 Å². The molecule has 160 valence electrons. The number of fused-ring (bicyclic) bond motifs is 1. The molecule has 9 nitrogen and oxygen atoms in total. The second-order valence-electron chi connectivity index (χ2n) is 7.72. The zero-order valence-electron chi connectivity index (χ0n) is 17.4. The normalized spacial score (nSPS) is 19.1. The quantitative estimate of drug-likeness (QED) is 0.250. The molecule has 0 saturated heterocycles. The number of benzene rings is 2. The summed E-state index contributed by atoms with van der Waals surface area (Å²) in [6, 6.07) is 13.5. The number of anilines is 1. The topological polar surface area (TPSA) is 139 Å². The van der Waals surface area contributed by atoms with E-state index in [0.717, 1.165) is 5.56 Å². The summed E-state index contributed by atoms with van der Waals surface area (Å²) in [6.45, 7) is 3.51. The number of aliphatic hydroxyl groups excluding tert-OH is 1. The standard InChI is InChI=1S/C23H20N6O3/c1-23(2)20(30)19(17-10-14(12-24)6-7-18(17)32-23)29-22(27-13-25)28-16-5-3-4-15(11-16)21-26-8-9-31-21/h3-11,19-20,30H,1-2H3,(H2,27,28,29). The van der Waals surface area contributed by atoms with E-state index in [1.165, 1.54) is 6.26 Å². The summed E-state index contributed by atoms with van der Waals surface area (Å²) in [7, 11) is 0. The number of aliphatic hydroxyl groups is 1. The molecule has 2 aromatic carbocycles. The van der Waals surface area contributed by atoms with E-state index in [0.29, 0.717) is 28.5 Å². The van der Waals surface area contributed by atoms with Crippen molar-refractivity contribution in [1.82, 2.24) is 10.3 Å². The van der Waals surface area contributed by atoms with Gasteiger partial charge in [0.15, 0.2) is 6.19 Å². The molecule has 0 saturated carbocycles. The number of ether oxygens (including phenoxy) is 1. The van der Waals surface area contributed by atoms with Gasteiger partial charge in [0.05, 0.1) is 17.8 Å². The van der Waals surface area contributed by atoms with Crippen LogP contribution >= 0.6 is 0 Å². The van der Waals surface area contributed by atoms with Crippen molar-refractivity contribution in [1.29, 1.82) is 10.5 Å². The summed E-state index contributed by atoms with van der Waals surface area (Å²) in [4.78, 5) is 8.74. The average molecular weight is 428 g/mol. The summed E-state index contributed by atoms with van der Waals surface area (Å²) in [5.41, 5.74) is 1.42. The summed E-state index contributed by atoms with van der Waals surface area (Å²) < 4.78 is 11.3. The highest BCUT2D eigenvalue weighted by Crippen LogP contribution is 2.42. The van der Waals surface area contributed by atoms with Gasteiger partial charge < -0.3 is 19.6 Å². The summed E-state index contributed by atoms with van der Waals surface area (Å²) in [5.74, 6) is 1.11. The number of aliphatic imine (C=N–C) groups is 1. The molecule has 0 aliphatic carbocycles. The Morgan fingerprint density at radius 3 is 2.78 bits per heavy atom. The number of rotatable bonds is 3. The first-order valence-electron chi connectivity index (χ1n) is 9.82. The number of nitriles is 2. The number of hydrogen-bond acceptors (Lipinski definition) is 7. The third-order valence-corrected chi connectivity index (χ3v) is 5.09. The van der Waals surface area contributed by atoms with Gasteiger partial charge in [-0.3, -0.25) is 5.32 Å². The van der Waals surface area contributed by atoms with Crippen LogP contribution in [0.1, 0.15) is 31.0 Å². The Balaban J connectivity index is 1.72. The lowest BCUT2D eigenvalue weighted by atomic mass is 9.86. The van der Waals surface area contributed by atoms with Crippen LogP contribution in [-0.2, 0) is 0 Å². The molecule has 3 N–H and O–H groups in total. The Labute approximate surface area is 184 Å². The van der Waals surface area contributed by atoms with Gasteiger partial charge in [0.1, 0.15) is 29.8 Å². The Kier molecular flexibility index (Phi) is 5.50. The molecule has 4 rings (SSSR count). The van der Waals surface area contributed by atoms with Crippen LogP contribution in [0.25, 0.3) is 11.5 Å². The van der Waals surface area contributed by atoms with Gasteiger partial charge >= 0.3 is 0 Å². The molecule has 0 radical (unpaired) electrons. The van der Waals surface area contributed by atoms with E-state index in [9.17, 15) is 15.6 Å². The van der Waals surface area contributed by atoms with E-state index in [2.05, 4.69) is 26.7 Å². The van der Waals surface area contributed by atoms with Crippen LogP contribution in [0.3, 0.4) is 0 Å². The van der Waals surface area contributed by atoms with Gasteiger partial charge in [-0.05, 0) is 50.2 Å². The van der Waals surface area contributed by atoms with Gasteiger partial charge in [-0.25, -0.2) is 9.98 Å². The van der Waals surface area contributed by atoms with Crippen LogP contribution < -0.4 is 15.4 Å². The second-order valence-corrected chi connectivity index (χ2v) is 7.72. The fraction of sp³-hybridized carbons (Fsp3) is 0.217. The number of guanidine groups is 1. The molecule has 0 fully saturated rings. The van der Waals surface area contributed by atoms with Crippen LogP contribution in [0.5, 0.6) is 5.75 Å². The second kappa shape index (κ2) is 8.42. The van der Waals surface area contributed by atoms with Crippen molar-refractivity contribution in [3.05, 3.63) is 66.1 Å². The highest BCUT2D eigenvalue weighted by Gasteiger charge is 2.43. The number of oxazole rings is 1. The van der Waals surface area contributed by atoms with Crippen LogP contribution in [-0.4, -0.2) is 27.8 Å². The average Bonchev–Trinajstić information content (AvgIpc) is 3.32. The van der Waals surface area contributed by atoms with Crippen molar-refractivity contribution < 1.29 is 14.3 Å². The smallest absolute Gasteiger partial charge is 0.225 e. The van der Waals surface area contributed by atoms with Crippen LogP contribution in [0, 0.1) is 22.8 Å². The number of hydrogen-bond donors (Lipinski definition) is 3. The highest BCUT2D eigenvalue weighted by atomic mass is 16.5. The Bertz CT molecular complexity index is 1240. The number of nitrogens with zero attached hydrogens (tertiary/aromatic N) is 4. The maximum absolute atomic E-state index is 11.0. The maximum Gasteiger partial charge on any atom is 0.225 e. The number of nitrogens with one attached hydrogen (secondary N) is 2. The number of aromatic nitrogens is 1. The third kappa shape index (κ3) is 4.10. The third-order valence-electron chi connectivity index (χ3n) is 5.09. The molecule has 2 atom stereocenters. The lowest BCUT2D eigenvalue weighted by molar-refractivity contribution is -0.0567. The monoisotopic (exact) mass is 428 g/mol. The predicted octanol–water partition coefficient (Wildman–Crippen LogP) is 3.33. The van der Waals surface area contributed by atoms with Gasteiger partial charge in [0, 0.05) is 16.8 Å². The predicted molar refractivity (Wildman–Crippen MR) is 116 cm³/mol. The summed E-state index contributed by atoms with van der Waals surface area (Å²) >= 11 is 0. The van der Waals surface area contributed by atoms with Gasteiger partial charge in [0.25, 0.3) is 0 Å². The molecule has 32 heavy (non-hydrogen) atoms. The van der Waals surface area contributed by atoms with Crippen LogP contribution in [0.15, 0.2) is 64.3 Å². The molecule has 2 heterocycles. The molecule has 1 aliphatic heterocycles. The minimum absolute atomic E-state index is 0.132. The Hall–Kier alpha value is -4.34. The van der Waals surface area contributed by atoms with E-state index in [4.69, 9.17) is 9.15 Å². The molecule has 1 aliphatic rings. The first-order chi connectivity index (χ1) is 15.4. The minimum atomic E-state index is -1.03. The van der Waals surface area contributed by atoms with E-state index in [-0.39, 0.29) is 5.96 Å². The first kappa shape index (κ1) is 20.9. The molecule has 3 aromatic rings. The van der Waals surface area contributed by atoms with Crippen LogP contribution in [0.4, 0.5) is 5.69 Å². The van der Waals surface area contributed by atoms with E-state index >= 15 is 0 Å². The fourth-order valence-electron chi connectivity index (χ4n) is 3.50. The molecule has 0 bridgehead atoms. The lowest BCUT2D eigenvalue weighted by Crippen LogP contribution is -2.49. The zero-order valence-corrected chi connectivity index (χ0v) is 17.4. The lowest BCUT2D eigenvalue weighted by Gasteiger charge is -2.40. The zero-order chi connectivity index (χ0) is 22.7. The van der Waals surface area contributed by atoms with Gasteiger partial charge in [-0.2, -0.15) is 10.5 Å².